The van der Waals surface area contributed by atoms with Crippen molar-refractivity contribution in [3.8, 4) is 17.0 Å². The van der Waals surface area contributed by atoms with Crippen LogP contribution in [0.5, 0.6) is 5.75 Å². The molecule has 27 heavy (non-hydrogen) atoms. The quantitative estimate of drug-likeness (QED) is 0.522. The second-order valence-electron chi connectivity index (χ2n) is 6.54. The van der Waals surface area contributed by atoms with E-state index in [9.17, 15) is 4.79 Å². The van der Waals surface area contributed by atoms with Gasteiger partial charge in [0.2, 0.25) is 0 Å². The number of aromatic nitrogens is 1. The van der Waals surface area contributed by atoms with Crippen LogP contribution in [0.1, 0.15) is 41.3 Å². The summed E-state index contributed by atoms with van der Waals surface area (Å²) >= 11 is 1.43. The summed E-state index contributed by atoms with van der Waals surface area (Å²) in [5, 5.41) is 5.45. The van der Waals surface area contributed by atoms with E-state index in [1.807, 2.05) is 17.5 Å². The first kappa shape index (κ1) is 19.1. The molecular formula is C22H24N2O2S. The number of aryl methyl sites for hydroxylation is 2. The third kappa shape index (κ3) is 4.95. The highest BCUT2D eigenvalue weighted by atomic mass is 32.1. The Morgan fingerprint density at radius 2 is 2.04 bits per heavy atom. The SMILES string of the molecule is CCCCOc1cccc(C(=O)Nc2nc(-c3ccc(C)cc3C)cs2)c1. The zero-order chi connectivity index (χ0) is 19.2. The van der Waals surface area contributed by atoms with Gasteiger partial charge in [0.15, 0.2) is 5.13 Å². The molecule has 0 spiro atoms. The minimum Gasteiger partial charge on any atom is -0.494 e. The maximum absolute atomic E-state index is 12.6. The van der Waals surface area contributed by atoms with Crippen LogP contribution in [-0.2, 0) is 0 Å². The van der Waals surface area contributed by atoms with E-state index >= 15 is 0 Å². The molecule has 0 aliphatic heterocycles. The van der Waals surface area contributed by atoms with Crippen LogP contribution in [0.2, 0.25) is 0 Å². The monoisotopic (exact) mass is 380 g/mol. The molecule has 1 amide bonds. The minimum absolute atomic E-state index is 0.183. The average Bonchev–Trinajstić information content (AvgIpc) is 3.10. The van der Waals surface area contributed by atoms with Gasteiger partial charge in [0.05, 0.1) is 12.3 Å². The number of nitrogens with zero attached hydrogens (tertiary/aromatic N) is 1. The van der Waals surface area contributed by atoms with Crippen LogP contribution < -0.4 is 10.1 Å². The number of carbonyl (C=O) groups is 1. The van der Waals surface area contributed by atoms with Crippen LogP contribution in [0.15, 0.2) is 47.8 Å². The highest BCUT2D eigenvalue weighted by Gasteiger charge is 2.12. The van der Waals surface area contributed by atoms with Gasteiger partial charge in [0.1, 0.15) is 5.75 Å². The van der Waals surface area contributed by atoms with E-state index in [1.165, 1.54) is 22.5 Å². The molecule has 0 bridgehead atoms. The Morgan fingerprint density at radius 1 is 1.19 bits per heavy atom. The van der Waals surface area contributed by atoms with Crippen LogP contribution in [0.3, 0.4) is 0 Å². The van der Waals surface area contributed by atoms with Gasteiger partial charge in [-0.1, -0.05) is 43.2 Å². The van der Waals surface area contributed by atoms with Gasteiger partial charge < -0.3 is 4.74 Å². The number of unbranched alkanes of at least 4 members (excludes halogenated alkanes) is 1. The van der Waals surface area contributed by atoms with Crippen molar-refractivity contribution in [1.82, 2.24) is 4.98 Å². The van der Waals surface area contributed by atoms with Gasteiger partial charge in [-0.3, -0.25) is 10.1 Å². The Balaban J connectivity index is 1.70. The molecule has 0 unspecified atom stereocenters. The summed E-state index contributed by atoms with van der Waals surface area (Å²) in [6.45, 7) is 6.93. The molecule has 0 radical (unpaired) electrons. The number of rotatable bonds is 7. The highest BCUT2D eigenvalue weighted by molar-refractivity contribution is 7.14. The van der Waals surface area contributed by atoms with Crippen molar-refractivity contribution in [2.75, 3.05) is 11.9 Å². The Kier molecular flexibility index (Phi) is 6.24. The first-order valence-corrected chi connectivity index (χ1v) is 10.0. The molecular weight excluding hydrogens is 356 g/mol. The molecule has 4 nitrogen and oxygen atoms in total. The number of ether oxygens (including phenoxy) is 1. The van der Waals surface area contributed by atoms with Crippen molar-refractivity contribution in [1.29, 1.82) is 0 Å². The van der Waals surface area contributed by atoms with Crippen molar-refractivity contribution in [3.63, 3.8) is 0 Å². The molecule has 0 atom stereocenters. The number of nitrogens with one attached hydrogen (secondary N) is 1. The molecule has 0 saturated heterocycles. The third-order valence-corrected chi connectivity index (χ3v) is 5.00. The summed E-state index contributed by atoms with van der Waals surface area (Å²) in [5.74, 6) is 0.531. The van der Waals surface area contributed by atoms with Gasteiger partial charge in [0, 0.05) is 16.5 Å². The summed E-state index contributed by atoms with van der Waals surface area (Å²) in [6.07, 6.45) is 2.07. The average molecular weight is 381 g/mol. The Hall–Kier alpha value is -2.66. The predicted octanol–water partition coefficient (Wildman–Crippen LogP) is 5.86. The minimum atomic E-state index is -0.183. The number of benzene rings is 2. The van der Waals surface area contributed by atoms with Crippen LogP contribution in [0, 0.1) is 13.8 Å². The van der Waals surface area contributed by atoms with E-state index in [2.05, 4.69) is 49.3 Å². The molecule has 0 saturated carbocycles. The van der Waals surface area contributed by atoms with Gasteiger partial charge in [0.25, 0.3) is 5.91 Å². The zero-order valence-corrected chi connectivity index (χ0v) is 16.7. The summed E-state index contributed by atoms with van der Waals surface area (Å²) in [4.78, 5) is 17.1. The maximum Gasteiger partial charge on any atom is 0.257 e. The number of anilines is 1. The Morgan fingerprint density at radius 3 is 2.81 bits per heavy atom. The van der Waals surface area contributed by atoms with Gasteiger partial charge in [-0.2, -0.15) is 0 Å². The molecule has 3 rings (SSSR count). The molecule has 3 aromatic rings. The van der Waals surface area contributed by atoms with Crippen molar-refractivity contribution in [2.45, 2.75) is 33.6 Å². The van der Waals surface area contributed by atoms with Crippen LogP contribution in [0.25, 0.3) is 11.3 Å². The molecule has 0 aliphatic rings. The van der Waals surface area contributed by atoms with Crippen molar-refractivity contribution in [3.05, 3.63) is 64.5 Å². The predicted molar refractivity (Wildman–Crippen MR) is 112 cm³/mol. The standard InChI is InChI=1S/C22H24N2O2S/c1-4-5-11-26-18-8-6-7-17(13-18)21(25)24-22-23-20(14-27-22)19-10-9-15(2)12-16(19)3/h6-10,12-14H,4-5,11H2,1-3H3,(H,23,24,25). The van der Waals surface area contributed by atoms with Crippen molar-refractivity contribution in [2.24, 2.45) is 0 Å². The topological polar surface area (TPSA) is 51.2 Å². The first-order valence-electron chi connectivity index (χ1n) is 9.14. The van der Waals surface area contributed by atoms with Gasteiger partial charge in [-0.25, -0.2) is 4.98 Å². The van der Waals surface area contributed by atoms with Crippen molar-refractivity contribution >= 4 is 22.4 Å². The molecule has 1 aromatic heterocycles. The molecule has 0 fully saturated rings. The smallest absolute Gasteiger partial charge is 0.257 e. The van der Waals surface area contributed by atoms with Gasteiger partial charge >= 0.3 is 0 Å². The van der Waals surface area contributed by atoms with E-state index < -0.39 is 0 Å². The highest BCUT2D eigenvalue weighted by Crippen LogP contribution is 2.28. The molecule has 5 heteroatoms. The second kappa shape index (κ2) is 8.82. The van der Waals surface area contributed by atoms with E-state index in [1.54, 1.807) is 12.1 Å². The van der Waals surface area contributed by atoms with Crippen molar-refractivity contribution < 1.29 is 9.53 Å². The lowest BCUT2D eigenvalue weighted by Gasteiger charge is -2.07. The number of hydrogen-bond acceptors (Lipinski definition) is 4. The molecule has 0 aliphatic carbocycles. The fourth-order valence-corrected chi connectivity index (χ4v) is 3.49. The maximum atomic E-state index is 12.6. The lowest BCUT2D eigenvalue weighted by Crippen LogP contribution is -2.12. The van der Waals surface area contributed by atoms with E-state index in [4.69, 9.17) is 4.74 Å². The van der Waals surface area contributed by atoms with E-state index in [0.717, 1.165) is 24.1 Å². The van der Waals surface area contributed by atoms with Crippen LogP contribution >= 0.6 is 11.3 Å². The fraction of sp³-hybridized carbons (Fsp3) is 0.273. The van der Waals surface area contributed by atoms with Gasteiger partial charge in [-0.05, 0) is 44.0 Å². The molecule has 1 N–H and O–H groups in total. The lowest BCUT2D eigenvalue weighted by molar-refractivity contribution is 0.102. The van der Waals surface area contributed by atoms with E-state index in [-0.39, 0.29) is 5.91 Å². The van der Waals surface area contributed by atoms with Gasteiger partial charge in [-0.15, -0.1) is 11.3 Å². The second-order valence-corrected chi connectivity index (χ2v) is 7.40. The summed E-state index contributed by atoms with van der Waals surface area (Å²) in [5.41, 5.74) is 4.93. The number of carbonyl (C=O) groups excluding carboxylic acids is 1. The lowest BCUT2D eigenvalue weighted by atomic mass is 10.0. The molecule has 1 heterocycles. The van der Waals surface area contributed by atoms with Crippen LogP contribution in [0.4, 0.5) is 5.13 Å². The van der Waals surface area contributed by atoms with E-state index in [0.29, 0.717) is 23.1 Å². The normalized spacial score (nSPS) is 10.6. The Labute approximate surface area is 164 Å². The number of amides is 1. The fourth-order valence-electron chi connectivity index (χ4n) is 2.79. The summed E-state index contributed by atoms with van der Waals surface area (Å²) in [7, 11) is 0. The zero-order valence-electron chi connectivity index (χ0n) is 15.9. The number of thiazole rings is 1. The first-order chi connectivity index (χ1) is 13.1. The largest absolute Gasteiger partial charge is 0.494 e. The molecule has 140 valence electrons. The van der Waals surface area contributed by atoms with Crippen LogP contribution in [-0.4, -0.2) is 17.5 Å². The summed E-state index contributed by atoms with van der Waals surface area (Å²) in [6, 6.07) is 13.5. The summed E-state index contributed by atoms with van der Waals surface area (Å²) < 4.78 is 5.68. The third-order valence-electron chi connectivity index (χ3n) is 4.25. The Bertz CT molecular complexity index is 934. The number of hydrogen-bond donors (Lipinski definition) is 1. The molecule has 2 aromatic carbocycles.